The van der Waals surface area contributed by atoms with Crippen LogP contribution in [-0.2, 0) is 4.79 Å². The van der Waals surface area contributed by atoms with Crippen LogP contribution in [0.3, 0.4) is 0 Å². The van der Waals surface area contributed by atoms with Crippen LogP contribution in [0, 0.1) is 17.8 Å². The van der Waals surface area contributed by atoms with Gasteiger partial charge in [0, 0.05) is 18.5 Å². The molecular formula is C23H45NO7. The zero-order chi connectivity index (χ0) is 24.7. The highest BCUT2D eigenvalue weighted by Crippen LogP contribution is 2.30. The number of likely N-dealkylation sites (N-methyl/N-ethyl adjacent to an activating group) is 1. The third-order valence-corrected chi connectivity index (χ3v) is 6.65. The Morgan fingerprint density at radius 3 is 2.00 bits per heavy atom. The monoisotopic (exact) mass is 447 g/mol. The van der Waals surface area contributed by atoms with Crippen molar-refractivity contribution in [1.82, 2.24) is 4.90 Å². The Morgan fingerprint density at radius 2 is 1.58 bits per heavy atom. The van der Waals surface area contributed by atoms with E-state index in [4.69, 9.17) is 5.11 Å². The lowest BCUT2D eigenvalue weighted by molar-refractivity contribution is -0.153. The average molecular weight is 448 g/mol. The predicted molar refractivity (Wildman–Crippen MR) is 121 cm³/mol. The first-order valence-corrected chi connectivity index (χ1v) is 11.1. The fourth-order valence-corrected chi connectivity index (χ4v) is 4.18. The van der Waals surface area contributed by atoms with E-state index in [0.29, 0.717) is 13.0 Å². The Labute approximate surface area is 187 Å². The molecule has 184 valence electrons. The molecule has 0 aromatic rings. The first kappa shape index (κ1) is 30.0. The molecule has 2 unspecified atom stereocenters. The average Bonchev–Trinajstić information content (AvgIpc) is 2.69. The van der Waals surface area contributed by atoms with Crippen LogP contribution in [-0.4, -0.2) is 90.7 Å². The minimum atomic E-state index is -1.60. The van der Waals surface area contributed by atoms with Gasteiger partial charge in [-0.25, -0.2) is 0 Å². The van der Waals surface area contributed by atoms with Gasteiger partial charge >= 0.3 is 5.97 Å². The molecule has 0 saturated carbocycles. The number of rotatable bonds is 15. The highest BCUT2D eigenvalue weighted by molar-refractivity contribution is 5.70. The van der Waals surface area contributed by atoms with Crippen LogP contribution in [0.25, 0.3) is 0 Å². The molecular weight excluding hydrogens is 402 g/mol. The number of hydrogen-bond acceptors (Lipinski definition) is 7. The molecule has 0 amide bonds. The maximum Gasteiger partial charge on any atom is 0.308 e. The summed E-state index contributed by atoms with van der Waals surface area (Å²) in [7, 11) is 1.80. The fourth-order valence-electron chi connectivity index (χ4n) is 4.18. The summed E-state index contributed by atoms with van der Waals surface area (Å²) in [4.78, 5) is 13.0. The zero-order valence-corrected chi connectivity index (χ0v) is 20.2. The number of aliphatic hydroxyl groups is 5. The van der Waals surface area contributed by atoms with E-state index in [1.807, 2.05) is 18.7 Å². The summed E-state index contributed by atoms with van der Waals surface area (Å²) in [5.74, 6) is -3.39. The predicted octanol–water partition coefficient (Wildman–Crippen LogP) is 1.24. The van der Waals surface area contributed by atoms with Gasteiger partial charge in [-0.15, -0.1) is 6.58 Å². The van der Waals surface area contributed by atoms with Crippen LogP contribution in [0.5, 0.6) is 0 Å². The minimum absolute atomic E-state index is 0.120. The molecule has 0 aliphatic rings. The van der Waals surface area contributed by atoms with E-state index in [2.05, 4.69) is 6.58 Å². The van der Waals surface area contributed by atoms with Crippen LogP contribution in [0.1, 0.15) is 60.8 Å². The third kappa shape index (κ3) is 8.44. The number of aliphatic carboxylic acids is 1. The lowest BCUT2D eigenvalue weighted by Crippen LogP contribution is -2.53. The molecule has 0 aromatic carbocycles. The summed E-state index contributed by atoms with van der Waals surface area (Å²) < 4.78 is 0. The van der Waals surface area contributed by atoms with Gasteiger partial charge in [-0.3, -0.25) is 4.79 Å². The van der Waals surface area contributed by atoms with Gasteiger partial charge in [0.1, 0.15) is 0 Å². The van der Waals surface area contributed by atoms with Crippen LogP contribution >= 0.6 is 0 Å². The van der Waals surface area contributed by atoms with Crippen molar-refractivity contribution in [3.05, 3.63) is 12.7 Å². The maximum absolute atomic E-state index is 11.1. The number of aliphatic hydroxyl groups excluding tert-OH is 3. The van der Waals surface area contributed by atoms with Crippen molar-refractivity contribution < 1.29 is 35.4 Å². The van der Waals surface area contributed by atoms with Crippen molar-refractivity contribution >= 4 is 5.97 Å². The van der Waals surface area contributed by atoms with Crippen LogP contribution < -0.4 is 0 Å². The molecule has 0 heterocycles. The number of hydrogen-bond donors (Lipinski definition) is 6. The summed E-state index contributed by atoms with van der Waals surface area (Å²) in [5.41, 5.74) is -2.83. The molecule has 0 saturated heterocycles. The Morgan fingerprint density at radius 1 is 1.06 bits per heavy atom. The highest BCUT2D eigenvalue weighted by atomic mass is 16.4. The van der Waals surface area contributed by atoms with E-state index in [1.165, 1.54) is 20.8 Å². The van der Waals surface area contributed by atoms with Crippen LogP contribution in [0.15, 0.2) is 12.7 Å². The Hall–Kier alpha value is -1.03. The molecule has 0 aromatic heterocycles. The molecule has 9 atom stereocenters. The second-order valence-electron chi connectivity index (χ2n) is 9.71. The molecule has 0 fully saturated rings. The van der Waals surface area contributed by atoms with Crippen LogP contribution in [0.4, 0.5) is 0 Å². The first-order valence-electron chi connectivity index (χ1n) is 11.1. The molecule has 0 rings (SSSR count). The van der Waals surface area contributed by atoms with Gasteiger partial charge in [0.05, 0.1) is 35.4 Å². The van der Waals surface area contributed by atoms with E-state index >= 15 is 0 Å². The Balaban J connectivity index is 5.21. The normalized spacial score (nSPS) is 23.0. The van der Waals surface area contributed by atoms with Gasteiger partial charge in [0.25, 0.3) is 0 Å². The van der Waals surface area contributed by atoms with Gasteiger partial charge in [-0.1, -0.05) is 26.3 Å². The molecule has 0 bridgehead atoms. The number of carbonyl (C=O) groups is 1. The molecule has 8 heteroatoms. The number of carboxylic acids is 1. The summed E-state index contributed by atoms with van der Waals surface area (Å²) in [6.45, 7) is 13.9. The van der Waals surface area contributed by atoms with E-state index < -0.39 is 47.3 Å². The second-order valence-corrected chi connectivity index (χ2v) is 9.71. The lowest BCUT2D eigenvalue weighted by atomic mass is 9.78. The first-order chi connectivity index (χ1) is 14.0. The molecule has 0 radical (unpaired) electrons. The van der Waals surface area contributed by atoms with Crippen LogP contribution in [0.2, 0.25) is 0 Å². The molecule has 6 N–H and O–H groups in total. The second kappa shape index (κ2) is 12.3. The molecule has 0 spiro atoms. The third-order valence-electron chi connectivity index (χ3n) is 6.65. The quantitative estimate of drug-likeness (QED) is 0.206. The SMILES string of the molecule is C=C[C@@H](CN(C)[C@H](C)[C@@H](O)C(C)(O)CCC)CC(C)(O)[C@H](O)[C@@H](C)[C@H](O)[C@@H](C)C(=O)O. The summed E-state index contributed by atoms with van der Waals surface area (Å²) >= 11 is 0. The highest BCUT2D eigenvalue weighted by Gasteiger charge is 2.42. The van der Waals surface area contributed by atoms with Gasteiger partial charge < -0.3 is 35.5 Å². The standard InChI is InChI=1S/C23H45NO7/c1-9-11-22(6,30)20(27)16(5)24(8)13-17(10-2)12-23(7,31)19(26)14(3)18(25)15(4)21(28)29/h10,14-20,25-27,30-31H,2,9,11-13H2,1,3-8H3,(H,28,29)/t14-,15+,16+,17+,18-,19+,20+,22?,23?/m0/s1. The fraction of sp³-hybridized carbons (Fsp3) is 0.870. The summed E-state index contributed by atoms with van der Waals surface area (Å²) in [5, 5.41) is 62.0. The molecule has 8 nitrogen and oxygen atoms in total. The Kier molecular flexibility index (Phi) is 11.9. The largest absolute Gasteiger partial charge is 0.481 e. The number of carboxylic acid groups (broad SMARTS) is 1. The zero-order valence-electron chi connectivity index (χ0n) is 20.2. The van der Waals surface area contributed by atoms with Gasteiger partial charge in [-0.2, -0.15) is 0 Å². The van der Waals surface area contributed by atoms with Crippen molar-refractivity contribution in [3.63, 3.8) is 0 Å². The van der Waals surface area contributed by atoms with Crippen molar-refractivity contribution in [3.8, 4) is 0 Å². The smallest absolute Gasteiger partial charge is 0.308 e. The molecule has 0 aliphatic heterocycles. The molecule has 31 heavy (non-hydrogen) atoms. The Bertz CT molecular complexity index is 566. The van der Waals surface area contributed by atoms with Gasteiger partial charge in [0.15, 0.2) is 0 Å². The molecule has 0 aliphatic carbocycles. The number of nitrogens with zero attached hydrogens (tertiary/aromatic N) is 1. The lowest BCUT2D eigenvalue weighted by Gasteiger charge is -2.40. The summed E-state index contributed by atoms with van der Waals surface area (Å²) in [6, 6.07) is -0.365. The van der Waals surface area contributed by atoms with Gasteiger partial charge in [-0.05, 0) is 53.5 Å². The maximum atomic E-state index is 11.1. The van der Waals surface area contributed by atoms with Gasteiger partial charge in [0.2, 0.25) is 0 Å². The van der Waals surface area contributed by atoms with Crippen molar-refractivity contribution in [1.29, 1.82) is 0 Å². The minimum Gasteiger partial charge on any atom is -0.481 e. The van der Waals surface area contributed by atoms with Crippen molar-refractivity contribution in [2.24, 2.45) is 17.8 Å². The van der Waals surface area contributed by atoms with E-state index in [1.54, 1.807) is 20.0 Å². The van der Waals surface area contributed by atoms with E-state index in [9.17, 15) is 30.3 Å². The van der Waals surface area contributed by atoms with Crippen molar-refractivity contribution in [2.75, 3.05) is 13.6 Å². The van der Waals surface area contributed by atoms with Crippen molar-refractivity contribution in [2.45, 2.75) is 96.4 Å². The van der Waals surface area contributed by atoms with E-state index in [0.717, 1.165) is 6.42 Å². The van der Waals surface area contributed by atoms with E-state index in [-0.39, 0.29) is 18.4 Å². The summed E-state index contributed by atoms with van der Waals surface area (Å²) in [6.07, 6.45) is -0.669. The topological polar surface area (TPSA) is 142 Å².